The Balaban J connectivity index is 1.58. The molecule has 1 fully saturated rings. The van der Waals surface area contributed by atoms with Gasteiger partial charge in [-0.25, -0.2) is 0 Å². The molecule has 0 unspecified atom stereocenters. The standard InChI is InChI=1S/C31H35BrN2O2/c1-23(31(36)33-28-15-9-4-10-16-28)34(22-24-17-19-27(32)20-18-24)30(35)21-29(25-11-5-2-6-12-25)26-13-7-3-8-14-26/h2-3,5-8,11-14,17-20,23,28-29H,4,9-10,15-16,21-22H2,1H3,(H,33,36)/t23-/m0/s1. The molecule has 1 N–H and O–H groups in total. The molecule has 3 aromatic rings. The fraction of sp³-hybridized carbons (Fsp3) is 0.355. The first-order valence-electron chi connectivity index (χ1n) is 13.0. The Bertz CT molecular complexity index is 1070. The molecule has 0 bridgehead atoms. The van der Waals surface area contributed by atoms with Gasteiger partial charge in [0.2, 0.25) is 11.8 Å². The monoisotopic (exact) mass is 546 g/mol. The Morgan fingerprint density at radius 3 is 1.97 bits per heavy atom. The first kappa shape index (κ1) is 26.2. The molecule has 4 nitrogen and oxygen atoms in total. The van der Waals surface area contributed by atoms with E-state index < -0.39 is 6.04 Å². The molecule has 0 radical (unpaired) electrons. The van der Waals surface area contributed by atoms with Crippen LogP contribution in [-0.4, -0.2) is 28.8 Å². The molecule has 1 aliphatic carbocycles. The van der Waals surface area contributed by atoms with Crippen molar-refractivity contribution in [2.24, 2.45) is 0 Å². The highest BCUT2D eigenvalue weighted by Crippen LogP contribution is 2.29. The zero-order valence-electron chi connectivity index (χ0n) is 20.9. The van der Waals surface area contributed by atoms with Gasteiger partial charge >= 0.3 is 0 Å². The SMILES string of the molecule is C[C@@H](C(=O)NC1CCCCC1)N(Cc1ccc(Br)cc1)C(=O)CC(c1ccccc1)c1ccccc1. The van der Waals surface area contributed by atoms with Crippen LogP contribution in [0.2, 0.25) is 0 Å². The number of amides is 2. The van der Waals surface area contributed by atoms with Crippen LogP contribution in [-0.2, 0) is 16.1 Å². The lowest BCUT2D eigenvalue weighted by Crippen LogP contribution is -2.50. The third-order valence-corrected chi connectivity index (χ3v) is 7.70. The van der Waals surface area contributed by atoms with Crippen LogP contribution in [0.15, 0.2) is 89.4 Å². The van der Waals surface area contributed by atoms with Crippen molar-refractivity contribution in [1.82, 2.24) is 10.2 Å². The molecule has 1 saturated carbocycles. The normalized spacial score (nSPS) is 14.9. The highest BCUT2D eigenvalue weighted by molar-refractivity contribution is 9.10. The maximum absolute atomic E-state index is 13.9. The summed E-state index contributed by atoms with van der Waals surface area (Å²) >= 11 is 3.49. The minimum Gasteiger partial charge on any atom is -0.352 e. The van der Waals surface area contributed by atoms with Crippen LogP contribution in [0.5, 0.6) is 0 Å². The van der Waals surface area contributed by atoms with Crippen LogP contribution in [0, 0.1) is 0 Å². The molecular weight excluding hydrogens is 512 g/mol. The first-order valence-corrected chi connectivity index (χ1v) is 13.7. The van der Waals surface area contributed by atoms with Crippen LogP contribution < -0.4 is 5.32 Å². The van der Waals surface area contributed by atoms with E-state index in [1.165, 1.54) is 6.42 Å². The second-order valence-corrected chi connectivity index (χ2v) is 10.7. The Morgan fingerprint density at radius 2 is 1.42 bits per heavy atom. The lowest BCUT2D eigenvalue weighted by molar-refractivity contribution is -0.141. The third kappa shape index (κ3) is 7.07. The van der Waals surface area contributed by atoms with Gasteiger partial charge in [-0.2, -0.15) is 0 Å². The molecule has 3 aromatic carbocycles. The molecule has 0 aliphatic heterocycles. The summed E-state index contributed by atoms with van der Waals surface area (Å²) < 4.78 is 0.987. The van der Waals surface area contributed by atoms with E-state index in [-0.39, 0.29) is 23.8 Å². The van der Waals surface area contributed by atoms with Crippen molar-refractivity contribution in [1.29, 1.82) is 0 Å². The van der Waals surface area contributed by atoms with E-state index in [0.717, 1.165) is 46.8 Å². The van der Waals surface area contributed by atoms with Gasteiger partial charge in [-0.15, -0.1) is 0 Å². The van der Waals surface area contributed by atoms with E-state index in [0.29, 0.717) is 13.0 Å². The largest absolute Gasteiger partial charge is 0.352 e. The van der Waals surface area contributed by atoms with Crippen LogP contribution >= 0.6 is 15.9 Å². The summed E-state index contributed by atoms with van der Waals surface area (Å²) in [5, 5.41) is 3.23. The van der Waals surface area contributed by atoms with Crippen molar-refractivity contribution >= 4 is 27.7 Å². The molecule has 36 heavy (non-hydrogen) atoms. The summed E-state index contributed by atoms with van der Waals surface area (Å²) in [6, 6.07) is 27.9. The second kappa shape index (κ2) is 12.9. The number of halogens is 1. The molecule has 1 atom stereocenters. The molecule has 0 heterocycles. The average molecular weight is 548 g/mol. The molecule has 0 aromatic heterocycles. The average Bonchev–Trinajstić information content (AvgIpc) is 2.92. The van der Waals surface area contributed by atoms with Gasteiger partial charge in [0.1, 0.15) is 6.04 Å². The topological polar surface area (TPSA) is 49.4 Å². The minimum atomic E-state index is -0.560. The highest BCUT2D eigenvalue weighted by Gasteiger charge is 2.30. The van der Waals surface area contributed by atoms with Gasteiger partial charge in [0.05, 0.1) is 0 Å². The fourth-order valence-electron chi connectivity index (χ4n) is 5.03. The van der Waals surface area contributed by atoms with E-state index in [2.05, 4.69) is 45.5 Å². The van der Waals surface area contributed by atoms with Crippen molar-refractivity contribution in [2.75, 3.05) is 0 Å². The number of benzene rings is 3. The maximum atomic E-state index is 13.9. The van der Waals surface area contributed by atoms with E-state index in [1.807, 2.05) is 67.6 Å². The van der Waals surface area contributed by atoms with Crippen molar-refractivity contribution < 1.29 is 9.59 Å². The van der Waals surface area contributed by atoms with E-state index in [9.17, 15) is 9.59 Å². The summed E-state index contributed by atoms with van der Waals surface area (Å²) in [5.74, 6) is -0.175. The number of hydrogen-bond donors (Lipinski definition) is 1. The lowest BCUT2D eigenvalue weighted by atomic mass is 9.88. The molecule has 188 valence electrons. The Morgan fingerprint density at radius 1 is 0.861 bits per heavy atom. The van der Waals surface area contributed by atoms with E-state index in [1.54, 1.807) is 4.90 Å². The lowest BCUT2D eigenvalue weighted by Gasteiger charge is -2.32. The van der Waals surface area contributed by atoms with E-state index in [4.69, 9.17) is 0 Å². The zero-order chi connectivity index (χ0) is 25.3. The zero-order valence-corrected chi connectivity index (χ0v) is 22.5. The first-order chi connectivity index (χ1) is 17.5. The summed E-state index contributed by atoms with van der Waals surface area (Å²) in [6.45, 7) is 2.25. The predicted molar refractivity (Wildman–Crippen MR) is 149 cm³/mol. The maximum Gasteiger partial charge on any atom is 0.242 e. The minimum absolute atomic E-state index is 0.0260. The van der Waals surface area contributed by atoms with Gasteiger partial charge in [0, 0.05) is 29.4 Å². The summed E-state index contributed by atoms with van der Waals surface area (Å²) in [7, 11) is 0. The third-order valence-electron chi connectivity index (χ3n) is 7.17. The van der Waals surface area contributed by atoms with Crippen LogP contribution in [0.1, 0.15) is 68.1 Å². The van der Waals surface area contributed by atoms with Crippen LogP contribution in [0.4, 0.5) is 0 Å². The van der Waals surface area contributed by atoms with Gasteiger partial charge in [0.25, 0.3) is 0 Å². The summed E-state index contributed by atoms with van der Waals surface area (Å²) in [5.41, 5.74) is 3.19. The quantitative estimate of drug-likeness (QED) is 0.319. The second-order valence-electron chi connectivity index (χ2n) is 9.75. The summed E-state index contributed by atoms with van der Waals surface area (Å²) in [6.07, 6.45) is 5.86. The summed E-state index contributed by atoms with van der Waals surface area (Å²) in [4.78, 5) is 29.0. The predicted octanol–water partition coefficient (Wildman–Crippen LogP) is 6.84. The van der Waals surface area contributed by atoms with Crippen molar-refractivity contribution in [3.8, 4) is 0 Å². The van der Waals surface area contributed by atoms with Crippen LogP contribution in [0.3, 0.4) is 0 Å². The smallest absolute Gasteiger partial charge is 0.242 e. The Kier molecular flexibility index (Phi) is 9.35. The van der Waals surface area contributed by atoms with Gasteiger partial charge in [-0.05, 0) is 48.6 Å². The molecule has 5 heteroatoms. The molecule has 0 saturated heterocycles. The Labute approximate surface area is 223 Å². The van der Waals surface area contributed by atoms with Gasteiger partial charge in [0.15, 0.2) is 0 Å². The molecule has 0 spiro atoms. The van der Waals surface area contributed by atoms with Gasteiger partial charge < -0.3 is 10.2 Å². The van der Waals surface area contributed by atoms with Crippen molar-refractivity contribution in [2.45, 2.75) is 70.0 Å². The molecule has 2 amide bonds. The van der Waals surface area contributed by atoms with Gasteiger partial charge in [-0.3, -0.25) is 9.59 Å². The molecule has 1 aliphatic rings. The number of carbonyl (C=O) groups is 2. The van der Waals surface area contributed by atoms with Gasteiger partial charge in [-0.1, -0.05) is 108 Å². The molecule has 4 rings (SSSR count). The number of hydrogen-bond acceptors (Lipinski definition) is 2. The van der Waals surface area contributed by atoms with Crippen LogP contribution in [0.25, 0.3) is 0 Å². The number of nitrogens with zero attached hydrogens (tertiary/aromatic N) is 1. The highest BCUT2D eigenvalue weighted by atomic mass is 79.9. The number of nitrogens with one attached hydrogen (secondary N) is 1. The number of rotatable bonds is 9. The fourth-order valence-corrected chi connectivity index (χ4v) is 5.29. The van der Waals surface area contributed by atoms with Crippen molar-refractivity contribution in [3.05, 3.63) is 106 Å². The molecular formula is C31H35BrN2O2. The number of carbonyl (C=O) groups excluding carboxylic acids is 2. The Hall–Kier alpha value is -2.92. The van der Waals surface area contributed by atoms with E-state index >= 15 is 0 Å². The van der Waals surface area contributed by atoms with Crippen molar-refractivity contribution in [3.63, 3.8) is 0 Å².